The SMILES string of the molecule is CCc1ccc(COc2cnc(-c3ccc(CC)cc3)cn2)cc1. The van der Waals surface area contributed by atoms with Crippen LogP contribution in [0.15, 0.2) is 60.9 Å². The van der Waals surface area contributed by atoms with Gasteiger partial charge in [-0.1, -0.05) is 62.4 Å². The molecule has 0 unspecified atom stereocenters. The number of hydrogen-bond acceptors (Lipinski definition) is 3. The van der Waals surface area contributed by atoms with Gasteiger partial charge in [-0.15, -0.1) is 0 Å². The van der Waals surface area contributed by atoms with Crippen molar-refractivity contribution in [3.8, 4) is 17.1 Å². The third-order valence-electron chi connectivity index (χ3n) is 4.10. The molecule has 3 aromatic rings. The Bertz CT molecular complexity index is 762. The molecule has 3 heteroatoms. The summed E-state index contributed by atoms with van der Waals surface area (Å²) in [5.74, 6) is 0.545. The molecule has 0 amide bonds. The van der Waals surface area contributed by atoms with Crippen molar-refractivity contribution in [2.75, 3.05) is 0 Å². The lowest BCUT2D eigenvalue weighted by Crippen LogP contribution is -1.98. The van der Waals surface area contributed by atoms with Gasteiger partial charge in [-0.05, 0) is 29.5 Å². The van der Waals surface area contributed by atoms with E-state index in [1.807, 2.05) is 0 Å². The Morgan fingerprint density at radius 1 is 0.708 bits per heavy atom. The zero-order chi connectivity index (χ0) is 16.8. The first-order valence-electron chi connectivity index (χ1n) is 8.40. The Labute approximate surface area is 143 Å². The van der Waals surface area contributed by atoms with Crippen LogP contribution in [0.4, 0.5) is 0 Å². The highest BCUT2D eigenvalue weighted by molar-refractivity contribution is 5.58. The van der Waals surface area contributed by atoms with Crippen molar-refractivity contribution >= 4 is 0 Å². The highest BCUT2D eigenvalue weighted by atomic mass is 16.5. The summed E-state index contributed by atoms with van der Waals surface area (Å²) in [6.45, 7) is 4.80. The second-order valence-corrected chi connectivity index (χ2v) is 5.75. The van der Waals surface area contributed by atoms with E-state index in [4.69, 9.17) is 4.74 Å². The van der Waals surface area contributed by atoms with E-state index in [9.17, 15) is 0 Å². The van der Waals surface area contributed by atoms with Crippen molar-refractivity contribution in [2.24, 2.45) is 0 Å². The summed E-state index contributed by atoms with van der Waals surface area (Å²) >= 11 is 0. The van der Waals surface area contributed by atoms with Gasteiger partial charge in [0.1, 0.15) is 6.61 Å². The molecule has 2 aromatic carbocycles. The van der Waals surface area contributed by atoms with Gasteiger partial charge < -0.3 is 4.74 Å². The summed E-state index contributed by atoms with van der Waals surface area (Å²) in [5, 5.41) is 0. The molecule has 24 heavy (non-hydrogen) atoms. The topological polar surface area (TPSA) is 35.0 Å². The van der Waals surface area contributed by atoms with E-state index in [-0.39, 0.29) is 0 Å². The average molecular weight is 318 g/mol. The fourth-order valence-corrected chi connectivity index (χ4v) is 2.48. The summed E-state index contributed by atoms with van der Waals surface area (Å²) in [5.41, 5.74) is 5.71. The Hall–Kier alpha value is -2.68. The minimum absolute atomic E-state index is 0.503. The first kappa shape index (κ1) is 16.2. The minimum Gasteiger partial charge on any atom is -0.472 e. The average Bonchev–Trinajstić information content (AvgIpc) is 2.67. The van der Waals surface area contributed by atoms with Crippen molar-refractivity contribution < 1.29 is 4.74 Å². The predicted octanol–water partition coefficient (Wildman–Crippen LogP) is 4.85. The Morgan fingerprint density at radius 3 is 1.83 bits per heavy atom. The standard InChI is InChI=1S/C21H22N2O/c1-3-16-5-7-18(8-6-16)15-24-21-14-22-20(13-23-21)19-11-9-17(4-2)10-12-19/h5-14H,3-4,15H2,1-2H3. The molecular weight excluding hydrogens is 296 g/mol. The molecule has 0 aliphatic heterocycles. The molecule has 0 atom stereocenters. The van der Waals surface area contributed by atoms with Crippen LogP contribution in [0, 0.1) is 0 Å². The Kier molecular flexibility index (Phi) is 5.22. The van der Waals surface area contributed by atoms with E-state index in [1.165, 1.54) is 11.1 Å². The van der Waals surface area contributed by atoms with Gasteiger partial charge in [0, 0.05) is 5.56 Å². The van der Waals surface area contributed by atoms with Crippen LogP contribution < -0.4 is 4.74 Å². The van der Waals surface area contributed by atoms with Crippen molar-refractivity contribution in [3.63, 3.8) is 0 Å². The monoisotopic (exact) mass is 318 g/mol. The molecule has 0 fully saturated rings. The molecule has 3 rings (SSSR count). The summed E-state index contributed by atoms with van der Waals surface area (Å²) in [4.78, 5) is 8.82. The van der Waals surface area contributed by atoms with Crippen LogP contribution >= 0.6 is 0 Å². The van der Waals surface area contributed by atoms with Gasteiger partial charge in [0.15, 0.2) is 0 Å². The van der Waals surface area contributed by atoms with Gasteiger partial charge in [0.05, 0.1) is 18.1 Å². The van der Waals surface area contributed by atoms with E-state index in [2.05, 4.69) is 72.3 Å². The molecule has 122 valence electrons. The van der Waals surface area contributed by atoms with Crippen molar-refractivity contribution in [3.05, 3.63) is 77.6 Å². The second kappa shape index (κ2) is 7.73. The maximum absolute atomic E-state index is 5.72. The van der Waals surface area contributed by atoms with E-state index in [1.54, 1.807) is 12.4 Å². The molecule has 1 aromatic heterocycles. The van der Waals surface area contributed by atoms with Gasteiger partial charge in [-0.25, -0.2) is 9.97 Å². The van der Waals surface area contributed by atoms with Crippen LogP contribution in [0.25, 0.3) is 11.3 Å². The summed E-state index contributed by atoms with van der Waals surface area (Å²) in [7, 11) is 0. The molecule has 0 spiro atoms. The highest BCUT2D eigenvalue weighted by Crippen LogP contribution is 2.19. The maximum atomic E-state index is 5.72. The second-order valence-electron chi connectivity index (χ2n) is 5.75. The lowest BCUT2D eigenvalue weighted by molar-refractivity contribution is 0.292. The van der Waals surface area contributed by atoms with Crippen LogP contribution in [0.5, 0.6) is 5.88 Å². The number of ether oxygens (including phenoxy) is 1. The summed E-state index contributed by atoms with van der Waals surface area (Å²) in [6, 6.07) is 16.9. The van der Waals surface area contributed by atoms with E-state index >= 15 is 0 Å². The zero-order valence-electron chi connectivity index (χ0n) is 14.2. The molecule has 0 radical (unpaired) electrons. The minimum atomic E-state index is 0.503. The molecule has 0 aliphatic carbocycles. The van der Waals surface area contributed by atoms with Crippen LogP contribution in [-0.4, -0.2) is 9.97 Å². The summed E-state index contributed by atoms with van der Waals surface area (Å²) < 4.78 is 5.72. The van der Waals surface area contributed by atoms with E-state index < -0.39 is 0 Å². The van der Waals surface area contributed by atoms with Gasteiger partial charge in [0.2, 0.25) is 5.88 Å². The lowest BCUT2D eigenvalue weighted by atomic mass is 10.1. The van der Waals surface area contributed by atoms with Gasteiger partial charge in [-0.3, -0.25) is 0 Å². The van der Waals surface area contributed by atoms with Crippen LogP contribution in [0.3, 0.4) is 0 Å². The van der Waals surface area contributed by atoms with Crippen molar-refractivity contribution in [1.82, 2.24) is 9.97 Å². The molecule has 0 bridgehead atoms. The quantitative estimate of drug-likeness (QED) is 0.652. The molecular formula is C21H22N2O. The number of aromatic nitrogens is 2. The van der Waals surface area contributed by atoms with Crippen molar-refractivity contribution in [2.45, 2.75) is 33.3 Å². The van der Waals surface area contributed by atoms with Crippen LogP contribution in [-0.2, 0) is 19.4 Å². The van der Waals surface area contributed by atoms with Crippen LogP contribution in [0.2, 0.25) is 0 Å². The number of hydrogen-bond donors (Lipinski definition) is 0. The zero-order valence-corrected chi connectivity index (χ0v) is 14.2. The fourth-order valence-electron chi connectivity index (χ4n) is 2.48. The molecule has 0 saturated carbocycles. The first-order valence-corrected chi connectivity index (χ1v) is 8.40. The Morgan fingerprint density at radius 2 is 1.29 bits per heavy atom. The third-order valence-corrected chi connectivity index (χ3v) is 4.10. The van der Waals surface area contributed by atoms with Gasteiger partial charge >= 0.3 is 0 Å². The molecule has 0 aliphatic rings. The third kappa shape index (κ3) is 3.99. The fraction of sp³-hybridized carbons (Fsp3) is 0.238. The van der Waals surface area contributed by atoms with E-state index in [0.717, 1.165) is 29.7 Å². The summed E-state index contributed by atoms with van der Waals surface area (Å²) in [6.07, 6.45) is 5.53. The number of benzene rings is 2. The van der Waals surface area contributed by atoms with Gasteiger partial charge in [-0.2, -0.15) is 0 Å². The smallest absolute Gasteiger partial charge is 0.232 e. The number of rotatable bonds is 6. The normalized spacial score (nSPS) is 10.6. The molecule has 0 saturated heterocycles. The van der Waals surface area contributed by atoms with Crippen molar-refractivity contribution in [1.29, 1.82) is 0 Å². The number of nitrogens with zero attached hydrogens (tertiary/aromatic N) is 2. The first-order chi connectivity index (χ1) is 11.8. The lowest BCUT2D eigenvalue weighted by Gasteiger charge is -2.07. The number of aryl methyl sites for hydroxylation is 2. The predicted molar refractivity (Wildman–Crippen MR) is 97.0 cm³/mol. The van der Waals surface area contributed by atoms with Crippen LogP contribution in [0.1, 0.15) is 30.5 Å². The molecule has 0 N–H and O–H groups in total. The molecule has 3 nitrogen and oxygen atoms in total. The largest absolute Gasteiger partial charge is 0.472 e. The highest BCUT2D eigenvalue weighted by Gasteiger charge is 2.03. The Balaban J connectivity index is 1.63. The van der Waals surface area contributed by atoms with Gasteiger partial charge in [0.25, 0.3) is 0 Å². The van der Waals surface area contributed by atoms with E-state index in [0.29, 0.717) is 12.5 Å². The maximum Gasteiger partial charge on any atom is 0.232 e. The molecule has 1 heterocycles.